The fraction of sp³-hybridized carbons (Fsp3) is 0.333. The van der Waals surface area contributed by atoms with Gasteiger partial charge in [0.25, 0.3) is 20.0 Å². The van der Waals surface area contributed by atoms with Crippen molar-refractivity contribution >= 4 is 66.6 Å². The van der Waals surface area contributed by atoms with Crippen LogP contribution in [0.15, 0.2) is 94.7 Å². The number of nitrogens with one attached hydrogen (secondary N) is 2. The molecule has 1 aliphatic heterocycles. The van der Waals surface area contributed by atoms with Crippen LogP contribution in [0.1, 0.15) is 97.9 Å². The maximum atomic E-state index is 13.0. The molecule has 0 spiro atoms. The number of methoxy groups -OCH3 is 1. The van der Waals surface area contributed by atoms with Crippen molar-refractivity contribution in [1.82, 2.24) is 30.0 Å². The lowest BCUT2D eigenvalue weighted by Gasteiger charge is -2.19. The lowest BCUT2D eigenvalue weighted by molar-refractivity contribution is 0.0592. The Morgan fingerprint density at radius 3 is 1.35 bits per heavy atom. The molecule has 352 valence electrons. The Morgan fingerprint density at radius 2 is 1.03 bits per heavy atom. The summed E-state index contributed by atoms with van der Waals surface area (Å²) in [7, 11) is -6.56. The second-order valence-electron chi connectivity index (χ2n) is 17.1. The predicted molar refractivity (Wildman–Crippen MR) is 252 cm³/mol. The molecule has 2 aromatic heterocycles. The monoisotopic (exact) mass is 982 g/mol. The van der Waals surface area contributed by atoms with Gasteiger partial charge in [-0.3, -0.25) is 9.44 Å². The molecule has 4 aromatic carbocycles. The Bertz CT molecular complexity index is 2910. The number of hydrogen-bond donors (Lipinski definition) is 3. The number of nitrogens with zero attached hydrogens (tertiary/aromatic N) is 6. The maximum absolute atomic E-state index is 13.0. The number of aromatic nitrogens is 6. The van der Waals surface area contributed by atoms with Crippen molar-refractivity contribution in [1.29, 1.82) is 0 Å². The van der Waals surface area contributed by atoms with E-state index in [4.69, 9.17) is 32.7 Å². The van der Waals surface area contributed by atoms with Crippen LogP contribution in [0, 0.1) is 13.8 Å². The Morgan fingerprint density at radius 1 is 0.652 bits per heavy atom. The molecule has 1 saturated heterocycles. The molecule has 21 heteroatoms. The van der Waals surface area contributed by atoms with Gasteiger partial charge in [0.1, 0.15) is 0 Å². The van der Waals surface area contributed by atoms with E-state index in [0.29, 0.717) is 21.4 Å². The second-order valence-corrected chi connectivity index (χ2v) is 21.3. The van der Waals surface area contributed by atoms with E-state index in [9.17, 15) is 31.5 Å². The summed E-state index contributed by atoms with van der Waals surface area (Å²) in [6, 6.07) is 22.5. The van der Waals surface area contributed by atoms with Crippen LogP contribution in [0.5, 0.6) is 0 Å². The van der Waals surface area contributed by atoms with Crippen molar-refractivity contribution in [3.05, 3.63) is 129 Å². The number of carbonyl (C=O) groups is 2. The average Bonchev–Trinajstić information content (AvgIpc) is 4.05. The number of anilines is 2. The third kappa shape index (κ3) is 12.5. The quantitative estimate of drug-likeness (QED) is 0.109. The Balaban J connectivity index is 0.000000223. The molecule has 0 saturated carbocycles. The summed E-state index contributed by atoms with van der Waals surface area (Å²) in [5.41, 5.74) is 3.22. The standard InChI is InChI=1S/C21H23ClN4O4S.C20H21ClN4O4S.C4H8O/c1-13-19(20(27)30-5)23-25-26(13)18-12-15(22)8-11-17(18)24-31(28,29)16-9-6-14(7-10-16)21(2,3)4;1-12-18(19(26)27)22-24-25(12)17-11-14(21)7-10-16(17)23-30(28,29)15-8-5-13(6-9-15)20(2,3)4;1-2-4-5-3-1/h6-12,24H,1-5H3;5-11,23H,1-4H3,(H,26,27);1-4H2. The van der Waals surface area contributed by atoms with Gasteiger partial charge in [0.2, 0.25) is 0 Å². The molecule has 1 aliphatic rings. The van der Waals surface area contributed by atoms with Crippen LogP contribution in [0.25, 0.3) is 11.4 Å². The van der Waals surface area contributed by atoms with E-state index < -0.39 is 32.0 Å². The molecule has 1 fully saturated rings. The molecule has 0 unspecified atom stereocenters. The molecule has 0 atom stereocenters. The Kier molecular flexibility index (Phi) is 16.1. The number of carbonyl (C=O) groups excluding carboxylic acids is 1. The number of benzene rings is 4. The van der Waals surface area contributed by atoms with Gasteiger partial charge in [0.15, 0.2) is 11.4 Å². The van der Waals surface area contributed by atoms with Gasteiger partial charge in [0.05, 0.1) is 51.0 Å². The van der Waals surface area contributed by atoms with E-state index in [-0.39, 0.29) is 54.8 Å². The molecule has 6 aromatic rings. The number of halogens is 2. The normalized spacial score (nSPS) is 12.9. The van der Waals surface area contributed by atoms with E-state index >= 15 is 0 Å². The largest absolute Gasteiger partial charge is 0.476 e. The number of carboxylic acids is 1. The number of sulfonamides is 2. The molecule has 7 rings (SSSR count). The van der Waals surface area contributed by atoms with E-state index in [1.807, 2.05) is 20.8 Å². The Labute approximate surface area is 394 Å². The van der Waals surface area contributed by atoms with Crippen LogP contribution in [0.2, 0.25) is 10.0 Å². The summed E-state index contributed by atoms with van der Waals surface area (Å²) in [6.45, 7) is 17.4. The highest BCUT2D eigenvalue weighted by Crippen LogP contribution is 2.31. The minimum absolute atomic E-state index is 0.0223. The first-order valence-corrected chi connectivity index (χ1v) is 24.2. The van der Waals surface area contributed by atoms with Crippen molar-refractivity contribution < 1.29 is 41.0 Å². The van der Waals surface area contributed by atoms with E-state index in [1.165, 1.54) is 66.6 Å². The maximum Gasteiger partial charge on any atom is 0.360 e. The summed E-state index contributed by atoms with van der Waals surface area (Å²) in [6.07, 6.45) is 2.56. The van der Waals surface area contributed by atoms with Gasteiger partial charge in [-0.2, -0.15) is 0 Å². The third-order valence-electron chi connectivity index (χ3n) is 10.1. The summed E-state index contributed by atoms with van der Waals surface area (Å²) in [4.78, 5) is 23.4. The molecule has 17 nitrogen and oxygen atoms in total. The number of rotatable bonds is 10. The molecular weight excluding hydrogens is 932 g/mol. The Hall–Kier alpha value is -5.86. The lowest BCUT2D eigenvalue weighted by atomic mass is 9.87. The van der Waals surface area contributed by atoms with Crippen molar-refractivity contribution in [2.75, 3.05) is 29.8 Å². The highest BCUT2D eigenvalue weighted by atomic mass is 35.5. The molecule has 0 radical (unpaired) electrons. The highest BCUT2D eigenvalue weighted by Gasteiger charge is 2.25. The van der Waals surface area contributed by atoms with Crippen LogP contribution >= 0.6 is 23.2 Å². The van der Waals surface area contributed by atoms with Gasteiger partial charge in [0, 0.05) is 23.3 Å². The van der Waals surface area contributed by atoms with Crippen molar-refractivity contribution in [3.63, 3.8) is 0 Å². The zero-order valence-corrected chi connectivity index (χ0v) is 41.0. The molecule has 0 amide bonds. The number of aromatic carboxylic acids is 1. The van der Waals surface area contributed by atoms with Crippen molar-refractivity contribution in [3.8, 4) is 11.4 Å². The summed E-state index contributed by atoms with van der Waals surface area (Å²) >= 11 is 12.2. The van der Waals surface area contributed by atoms with Crippen molar-refractivity contribution in [2.45, 2.75) is 88.9 Å². The third-order valence-corrected chi connectivity index (χ3v) is 13.4. The smallest absolute Gasteiger partial charge is 0.360 e. The van der Waals surface area contributed by atoms with Gasteiger partial charge in [-0.25, -0.2) is 35.8 Å². The summed E-state index contributed by atoms with van der Waals surface area (Å²) in [5, 5.41) is 25.2. The van der Waals surface area contributed by atoms with E-state index in [0.717, 1.165) is 24.3 Å². The topological polar surface area (TPSA) is 227 Å². The fourth-order valence-corrected chi connectivity index (χ4v) is 8.80. The molecule has 0 aliphatic carbocycles. The van der Waals surface area contributed by atoms with Gasteiger partial charge in [-0.05, 0) is 109 Å². The van der Waals surface area contributed by atoms with Gasteiger partial charge >= 0.3 is 11.9 Å². The summed E-state index contributed by atoms with van der Waals surface area (Å²) in [5.74, 6) is -1.88. The number of hydrogen-bond acceptors (Lipinski definition) is 12. The van der Waals surface area contributed by atoms with Crippen LogP contribution in [-0.2, 0) is 40.4 Å². The van der Waals surface area contributed by atoms with Gasteiger partial charge in [-0.1, -0.05) is 99.4 Å². The average molecular weight is 984 g/mol. The molecule has 3 N–H and O–H groups in total. The highest BCUT2D eigenvalue weighted by molar-refractivity contribution is 7.93. The first-order chi connectivity index (χ1) is 30.8. The van der Waals surface area contributed by atoms with Crippen LogP contribution in [-0.4, -0.2) is 84.2 Å². The first-order valence-electron chi connectivity index (χ1n) is 20.4. The molecule has 0 bridgehead atoms. The van der Waals surface area contributed by atoms with Crippen LogP contribution in [0.4, 0.5) is 11.4 Å². The molecule has 3 heterocycles. The van der Waals surface area contributed by atoms with Gasteiger partial charge < -0.3 is 14.6 Å². The van der Waals surface area contributed by atoms with Crippen molar-refractivity contribution in [2.24, 2.45) is 0 Å². The minimum Gasteiger partial charge on any atom is -0.476 e. The summed E-state index contributed by atoms with van der Waals surface area (Å²) < 4.78 is 69.2. The number of carboxylic acid groups (broad SMARTS) is 1. The van der Waals surface area contributed by atoms with Crippen LogP contribution in [0.3, 0.4) is 0 Å². The van der Waals surface area contributed by atoms with E-state index in [2.05, 4.69) is 50.8 Å². The SMILES string of the molecule is C1CCOC1.COC(=O)c1nnn(-c2cc(Cl)ccc2NS(=O)(=O)c2ccc(C(C)(C)C)cc2)c1C.Cc1c(C(=O)O)nnn1-c1cc(Cl)ccc1NS(=O)(=O)c1ccc(C(C)(C)C)cc1. The lowest BCUT2D eigenvalue weighted by Crippen LogP contribution is -2.16. The predicted octanol–water partition coefficient (Wildman–Crippen LogP) is 8.94. The molecular formula is C45H52Cl2N8O9S2. The number of ether oxygens (including phenoxy) is 2. The van der Waals surface area contributed by atoms with E-state index in [1.54, 1.807) is 61.5 Å². The minimum atomic E-state index is -3.91. The first kappa shape index (κ1) is 51.1. The zero-order valence-electron chi connectivity index (χ0n) is 37.9. The number of esters is 1. The fourth-order valence-electron chi connectivity index (χ4n) is 6.32. The molecule has 66 heavy (non-hydrogen) atoms. The second kappa shape index (κ2) is 20.8. The van der Waals surface area contributed by atoms with Gasteiger partial charge in [-0.15, -0.1) is 10.2 Å². The van der Waals surface area contributed by atoms with Crippen LogP contribution < -0.4 is 9.44 Å². The zero-order chi connectivity index (χ0) is 48.8.